The number of carbonyl (C=O) groups is 2. The van der Waals surface area contributed by atoms with Crippen molar-refractivity contribution in [1.82, 2.24) is 5.32 Å². The van der Waals surface area contributed by atoms with E-state index >= 15 is 0 Å². The molecule has 0 aromatic heterocycles. The molecule has 0 aliphatic heterocycles. The zero-order chi connectivity index (χ0) is 14.4. The van der Waals surface area contributed by atoms with Crippen molar-refractivity contribution in [2.75, 3.05) is 0 Å². The lowest BCUT2D eigenvalue weighted by Gasteiger charge is -2.18. The van der Waals surface area contributed by atoms with Gasteiger partial charge in [-0.1, -0.05) is 23.2 Å². The van der Waals surface area contributed by atoms with Gasteiger partial charge in [-0.05, 0) is 36.6 Å². The second kappa shape index (κ2) is 7.36. The van der Waals surface area contributed by atoms with Gasteiger partial charge in [-0.25, -0.2) is 0 Å². The highest BCUT2D eigenvalue weighted by molar-refractivity contribution is 6.33. The van der Waals surface area contributed by atoms with Gasteiger partial charge in [0.2, 0.25) is 5.91 Å². The molecular formula is C13H15Cl2NO3. The van der Waals surface area contributed by atoms with Crippen molar-refractivity contribution in [1.29, 1.82) is 0 Å². The lowest BCUT2D eigenvalue weighted by molar-refractivity contribution is -0.137. The Morgan fingerprint density at radius 2 is 2.05 bits per heavy atom. The number of benzene rings is 1. The average molecular weight is 304 g/mol. The Balaban J connectivity index is 2.77. The number of hydrogen-bond acceptors (Lipinski definition) is 2. The van der Waals surface area contributed by atoms with Crippen LogP contribution in [-0.4, -0.2) is 23.0 Å². The van der Waals surface area contributed by atoms with Crippen molar-refractivity contribution >= 4 is 35.1 Å². The van der Waals surface area contributed by atoms with Crippen LogP contribution in [0.3, 0.4) is 0 Å². The molecule has 0 heterocycles. The predicted molar refractivity (Wildman–Crippen MR) is 74.6 cm³/mol. The molecule has 0 saturated heterocycles. The zero-order valence-corrected chi connectivity index (χ0v) is 12.0. The standard InChI is InChI=1S/C13H15Cl2NO3/c1-8(17)16-11(3-5-13(18)19)7-9-6-10(14)2-4-12(9)15/h2,4,6,11H,3,5,7H2,1H3,(H,16,17)(H,18,19). The number of aliphatic carboxylic acids is 1. The number of amides is 1. The van der Waals surface area contributed by atoms with Crippen LogP contribution < -0.4 is 5.32 Å². The number of hydrogen-bond donors (Lipinski definition) is 2. The van der Waals surface area contributed by atoms with Crippen LogP contribution >= 0.6 is 23.2 Å². The maximum atomic E-state index is 11.1. The van der Waals surface area contributed by atoms with Crippen LogP contribution in [-0.2, 0) is 16.0 Å². The minimum atomic E-state index is -0.896. The Kier molecular flexibility index (Phi) is 6.12. The monoisotopic (exact) mass is 303 g/mol. The Morgan fingerprint density at radius 3 is 2.63 bits per heavy atom. The molecule has 0 saturated carbocycles. The molecule has 104 valence electrons. The van der Waals surface area contributed by atoms with E-state index in [-0.39, 0.29) is 18.4 Å². The van der Waals surface area contributed by atoms with Gasteiger partial charge in [0.05, 0.1) is 0 Å². The summed E-state index contributed by atoms with van der Waals surface area (Å²) < 4.78 is 0. The molecule has 0 bridgehead atoms. The Hall–Kier alpha value is -1.26. The van der Waals surface area contributed by atoms with E-state index in [1.54, 1.807) is 18.2 Å². The van der Waals surface area contributed by atoms with Gasteiger partial charge in [0, 0.05) is 29.4 Å². The molecule has 2 N–H and O–H groups in total. The summed E-state index contributed by atoms with van der Waals surface area (Å²) >= 11 is 11.9. The Labute approximate surface area is 121 Å². The normalized spacial score (nSPS) is 11.9. The highest BCUT2D eigenvalue weighted by Crippen LogP contribution is 2.22. The maximum absolute atomic E-state index is 11.1. The number of carbonyl (C=O) groups excluding carboxylic acids is 1. The van der Waals surface area contributed by atoms with Gasteiger partial charge in [-0.2, -0.15) is 0 Å². The molecule has 6 heteroatoms. The summed E-state index contributed by atoms with van der Waals surface area (Å²) in [5, 5.41) is 12.5. The van der Waals surface area contributed by atoms with Gasteiger partial charge < -0.3 is 10.4 Å². The van der Waals surface area contributed by atoms with E-state index in [0.29, 0.717) is 22.9 Å². The molecule has 0 spiro atoms. The molecule has 1 amide bonds. The Morgan fingerprint density at radius 1 is 1.37 bits per heavy atom. The minimum Gasteiger partial charge on any atom is -0.481 e. The molecule has 0 aliphatic rings. The summed E-state index contributed by atoms with van der Waals surface area (Å²) in [5.41, 5.74) is 0.790. The summed E-state index contributed by atoms with van der Waals surface area (Å²) in [5.74, 6) is -1.10. The quantitative estimate of drug-likeness (QED) is 0.849. The van der Waals surface area contributed by atoms with Gasteiger partial charge in [0.1, 0.15) is 0 Å². The smallest absolute Gasteiger partial charge is 0.303 e. The van der Waals surface area contributed by atoms with Crippen LogP contribution in [0.5, 0.6) is 0 Å². The summed E-state index contributed by atoms with van der Waals surface area (Å²) in [6, 6.07) is 4.81. The summed E-state index contributed by atoms with van der Waals surface area (Å²) in [7, 11) is 0. The number of carboxylic acid groups (broad SMARTS) is 1. The fraction of sp³-hybridized carbons (Fsp3) is 0.385. The Bertz CT molecular complexity index is 477. The van der Waals surface area contributed by atoms with E-state index in [9.17, 15) is 9.59 Å². The second-order valence-electron chi connectivity index (χ2n) is 4.27. The van der Waals surface area contributed by atoms with Gasteiger partial charge in [-0.3, -0.25) is 9.59 Å². The third kappa shape index (κ3) is 5.94. The fourth-order valence-electron chi connectivity index (χ4n) is 1.78. The van der Waals surface area contributed by atoms with Crippen LogP contribution in [0.2, 0.25) is 10.0 Å². The molecule has 4 nitrogen and oxygen atoms in total. The van der Waals surface area contributed by atoms with Crippen molar-refractivity contribution in [3.05, 3.63) is 33.8 Å². The molecule has 0 radical (unpaired) electrons. The predicted octanol–water partition coefficient (Wildman–Crippen LogP) is 2.91. The zero-order valence-electron chi connectivity index (χ0n) is 10.5. The van der Waals surface area contributed by atoms with Gasteiger partial charge >= 0.3 is 5.97 Å². The van der Waals surface area contributed by atoms with Crippen LogP contribution in [0.15, 0.2) is 18.2 Å². The first-order chi connectivity index (χ1) is 8.88. The highest BCUT2D eigenvalue weighted by atomic mass is 35.5. The topological polar surface area (TPSA) is 66.4 Å². The highest BCUT2D eigenvalue weighted by Gasteiger charge is 2.14. The molecular weight excluding hydrogens is 289 g/mol. The molecule has 1 atom stereocenters. The lowest BCUT2D eigenvalue weighted by Crippen LogP contribution is -2.35. The largest absolute Gasteiger partial charge is 0.481 e. The first-order valence-electron chi connectivity index (χ1n) is 5.81. The minimum absolute atomic E-state index is 0.0108. The van der Waals surface area contributed by atoms with E-state index in [1.165, 1.54) is 6.92 Å². The van der Waals surface area contributed by atoms with Crippen molar-refractivity contribution in [3.63, 3.8) is 0 Å². The molecule has 1 rings (SSSR count). The second-order valence-corrected chi connectivity index (χ2v) is 5.11. The first kappa shape index (κ1) is 15.8. The van der Waals surface area contributed by atoms with Crippen LogP contribution in [0.25, 0.3) is 0 Å². The van der Waals surface area contributed by atoms with E-state index in [1.807, 2.05) is 0 Å². The van der Waals surface area contributed by atoms with E-state index in [4.69, 9.17) is 28.3 Å². The van der Waals surface area contributed by atoms with Gasteiger partial charge in [0.25, 0.3) is 0 Å². The molecule has 0 aliphatic carbocycles. The average Bonchev–Trinajstić information content (AvgIpc) is 2.30. The number of carboxylic acids is 1. The molecule has 0 fully saturated rings. The van der Waals surface area contributed by atoms with E-state index in [2.05, 4.69) is 5.32 Å². The third-order valence-electron chi connectivity index (χ3n) is 2.59. The van der Waals surface area contributed by atoms with Crippen molar-refractivity contribution < 1.29 is 14.7 Å². The van der Waals surface area contributed by atoms with E-state index in [0.717, 1.165) is 5.56 Å². The van der Waals surface area contributed by atoms with Crippen molar-refractivity contribution in [2.45, 2.75) is 32.2 Å². The molecule has 1 aromatic carbocycles. The lowest BCUT2D eigenvalue weighted by atomic mass is 10.0. The van der Waals surface area contributed by atoms with Gasteiger partial charge in [0.15, 0.2) is 0 Å². The number of halogens is 2. The van der Waals surface area contributed by atoms with Gasteiger partial charge in [-0.15, -0.1) is 0 Å². The van der Waals surface area contributed by atoms with E-state index < -0.39 is 5.97 Å². The summed E-state index contributed by atoms with van der Waals surface area (Å²) in [6.45, 7) is 1.40. The van der Waals surface area contributed by atoms with Crippen molar-refractivity contribution in [3.8, 4) is 0 Å². The molecule has 1 aromatic rings. The maximum Gasteiger partial charge on any atom is 0.303 e. The summed E-state index contributed by atoms with van der Waals surface area (Å²) in [6.07, 6.45) is 0.785. The number of nitrogens with one attached hydrogen (secondary N) is 1. The third-order valence-corrected chi connectivity index (χ3v) is 3.19. The number of rotatable bonds is 6. The van der Waals surface area contributed by atoms with Crippen LogP contribution in [0.4, 0.5) is 0 Å². The molecule has 19 heavy (non-hydrogen) atoms. The van der Waals surface area contributed by atoms with Crippen molar-refractivity contribution in [2.24, 2.45) is 0 Å². The summed E-state index contributed by atoms with van der Waals surface area (Å²) in [4.78, 5) is 21.7. The molecule has 1 unspecified atom stereocenters. The fourth-order valence-corrected chi connectivity index (χ4v) is 2.17. The first-order valence-corrected chi connectivity index (χ1v) is 6.57. The SMILES string of the molecule is CC(=O)NC(CCC(=O)O)Cc1cc(Cl)ccc1Cl. The van der Waals surface area contributed by atoms with Crippen LogP contribution in [0.1, 0.15) is 25.3 Å². The van der Waals surface area contributed by atoms with Crippen LogP contribution in [0, 0.1) is 0 Å².